The second-order valence-electron chi connectivity index (χ2n) is 5.96. The van der Waals surface area contributed by atoms with Crippen molar-refractivity contribution in [2.45, 2.75) is 12.8 Å². The molecule has 3 aromatic rings. The zero-order valence-corrected chi connectivity index (χ0v) is 15.1. The Hall–Kier alpha value is -3.32. The van der Waals surface area contributed by atoms with Gasteiger partial charge in [0.25, 0.3) is 5.91 Å². The van der Waals surface area contributed by atoms with E-state index in [4.69, 9.17) is 0 Å². The molecule has 2 heterocycles. The molecule has 6 nitrogen and oxygen atoms in total. The third-order valence-electron chi connectivity index (χ3n) is 4.12. The average Bonchev–Trinajstić information content (AvgIpc) is 3.24. The number of aromatic nitrogens is 1. The summed E-state index contributed by atoms with van der Waals surface area (Å²) in [5.74, 6) is -0.420. The molecule has 1 aliphatic rings. The summed E-state index contributed by atoms with van der Waals surface area (Å²) >= 11 is 1.56. The second-order valence-corrected chi connectivity index (χ2v) is 6.85. The summed E-state index contributed by atoms with van der Waals surface area (Å²) < 4.78 is 0. The molecular weight excluding hydrogens is 360 g/mol. The minimum atomic E-state index is -0.301. The summed E-state index contributed by atoms with van der Waals surface area (Å²) in [7, 11) is 0. The van der Waals surface area contributed by atoms with Crippen LogP contribution in [0, 0.1) is 0 Å². The normalized spacial score (nSPS) is 14.0. The van der Waals surface area contributed by atoms with Gasteiger partial charge in [0.2, 0.25) is 5.91 Å². The van der Waals surface area contributed by atoms with E-state index < -0.39 is 0 Å². The number of para-hydroxylation sites is 1. The van der Waals surface area contributed by atoms with E-state index in [0.717, 1.165) is 10.6 Å². The van der Waals surface area contributed by atoms with E-state index >= 15 is 0 Å². The molecular formula is C20H16N4O2S. The summed E-state index contributed by atoms with van der Waals surface area (Å²) in [4.78, 5) is 29.0. The standard InChI is InChI=1S/C20H16N4O2S/c25-18-11-10-17(23-24(18)16-4-2-1-3-5-16)19(26)22-15-8-6-14(7-9-15)20-21-12-13-27-20/h1-9,12-13H,10-11H2,(H,22,26). The van der Waals surface area contributed by atoms with Gasteiger partial charge in [0.05, 0.1) is 5.69 Å². The summed E-state index contributed by atoms with van der Waals surface area (Å²) in [6, 6.07) is 16.6. The highest BCUT2D eigenvalue weighted by Gasteiger charge is 2.25. The number of carbonyl (C=O) groups excluding carboxylic acids is 2. The van der Waals surface area contributed by atoms with Crippen molar-refractivity contribution in [2.75, 3.05) is 10.3 Å². The second kappa shape index (κ2) is 7.51. The molecule has 7 heteroatoms. The predicted octanol–water partition coefficient (Wildman–Crippen LogP) is 3.93. The van der Waals surface area contributed by atoms with Crippen molar-refractivity contribution in [3.63, 3.8) is 0 Å². The Morgan fingerprint density at radius 3 is 2.52 bits per heavy atom. The van der Waals surface area contributed by atoms with Crippen LogP contribution < -0.4 is 10.3 Å². The molecule has 2 amide bonds. The molecule has 1 N–H and O–H groups in total. The maximum Gasteiger partial charge on any atom is 0.271 e. The van der Waals surface area contributed by atoms with Crippen LogP contribution in [-0.4, -0.2) is 22.5 Å². The van der Waals surface area contributed by atoms with Crippen molar-refractivity contribution in [3.05, 3.63) is 66.2 Å². The molecule has 0 bridgehead atoms. The highest BCUT2D eigenvalue weighted by atomic mass is 32.1. The lowest BCUT2D eigenvalue weighted by molar-refractivity contribution is -0.118. The van der Waals surface area contributed by atoms with Crippen molar-refractivity contribution in [1.82, 2.24) is 4.98 Å². The zero-order chi connectivity index (χ0) is 18.6. The fourth-order valence-electron chi connectivity index (χ4n) is 2.75. The number of nitrogens with zero attached hydrogens (tertiary/aromatic N) is 3. The van der Waals surface area contributed by atoms with Gasteiger partial charge in [-0.25, -0.2) is 9.99 Å². The molecule has 0 unspecified atom stereocenters. The van der Waals surface area contributed by atoms with Crippen LogP contribution >= 0.6 is 11.3 Å². The number of rotatable bonds is 4. The maximum absolute atomic E-state index is 12.6. The summed E-state index contributed by atoms with van der Waals surface area (Å²) in [6.07, 6.45) is 2.34. The van der Waals surface area contributed by atoms with Crippen LogP contribution in [0.2, 0.25) is 0 Å². The Balaban J connectivity index is 1.50. The van der Waals surface area contributed by atoms with Crippen LogP contribution in [0.3, 0.4) is 0 Å². The number of benzene rings is 2. The molecule has 0 saturated carbocycles. The number of thiazole rings is 1. The fraction of sp³-hybridized carbons (Fsp3) is 0.100. The third-order valence-corrected chi connectivity index (χ3v) is 4.94. The molecule has 2 aromatic carbocycles. The van der Waals surface area contributed by atoms with Crippen molar-refractivity contribution in [1.29, 1.82) is 0 Å². The van der Waals surface area contributed by atoms with E-state index in [2.05, 4.69) is 15.4 Å². The predicted molar refractivity (Wildman–Crippen MR) is 107 cm³/mol. The Morgan fingerprint density at radius 1 is 1.04 bits per heavy atom. The maximum atomic E-state index is 12.6. The first kappa shape index (κ1) is 17.1. The zero-order valence-electron chi connectivity index (χ0n) is 14.3. The van der Waals surface area contributed by atoms with Gasteiger partial charge >= 0.3 is 0 Å². The van der Waals surface area contributed by atoms with Crippen LogP contribution in [-0.2, 0) is 9.59 Å². The van der Waals surface area contributed by atoms with Gasteiger partial charge in [-0.1, -0.05) is 18.2 Å². The number of anilines is 2. The lowest BCUT2D eigenvalue weighted by Crippen LogP contribution is -2.36. The molecule has 1 aromatic heterocycles. The van der Waals surface area contributed by atoms with Gasteiger partial charge in [0.15, 0.2) is 0 Å². The Morgan fingerprint density at radius 2 is 1.81 bits per heavy atom. The Bertz CT molecular complexity index is 983. The van der Waals surface area contributed by atoms with Gasteiger partial charge < -0.3 is 5.32 Å². The first-order valence-electron chi connectivity index (χ1n) is 8.47. The van der Waals surface area contributed by atoms with Gasteiger partial charge in [0, 0.05) is 35.7 Å². The van der Waals surface area contributed by atoms with Crippen molar-refractivity contribution in [2.24, 2.45) is 5.10 Å². The molecule has 0 fully saturated rings. The molecule has 0 aliphatic carbocycles. The van der Waals surface area contributed by atoms with Gasteiger partial charge in [0.1, 0.15) is 10.7 Å². The minimum absolute atomic E-state index is 0.120. The molecule has 0 atom stereocenters. The van der Waals surface area contributed by atoms with Crippen LogP contribution in [0.1, 0.15) is 12.8 Å². The van der Waals surface area contributed by atoms with Crippen LogP contribution in [0.15, 0.2) is 71.3 Å². The quantitative estimate of drug-likeness (QED) is 0.750. The highest BCUT2D eigenvalue weighted by Crippen LogP contribution is 2.24. The highest BCUT2D eigenvalue weighted by molar-refractivity contribution is 7.13. The third kappa shape index (κ3) is 3.78. The van der Waals surface area contributed by atoms with E-state index in [1.807, 2.05) is 47.8 Å². The van der Waals surface area contributed by atoms with Crippen molar-refractivity contribution < 1.29 is 9.59 Å². The molecule has 1 aliphatic heterocycles. The number of hydrogen-bond acceptors (Lipinski definition) is 5. The van der Waals surface area contributed by atoms with E-state index in [9.17, 15) is 9.59 Å². The molecule has 0 spiro atoms. The molecule has 27 heavy (non-hydrogen) atoms. The molecule has 0 radical (unpaired) electrons. The number of amides is 2. The van der Waals surface area contributed by atoms with E-state index in [1.165, 1.54) is 5.01 Å². The largest absolute Gasteiger partial charge is 0.321 e. The number of hydrogen-bond donors (Lipinski definition) is 1. The van der Waals surface area contributed by atoms with Gasteiger partial charge in [-0.3, -0.25) is 9.59 Å². The first-order valence-corrected chi connectivity index (χ1v) is 9.35. The van der Waals surface area contributed by atoms with Crippen molar-refractivity contribution in [3.8, 4) is 10.6 Å². The first-order chi connectivity index (χ1) is 13.2. The summed E-state index contributed by atoms with van der Waals surface area (Å²) in [5.41, 5.74) is 2.66. The van der Waals surface area contributed by atoms with Crippen LogP contribution in [0.4, 0.5) is 11.4 Å². The molecule has 134 valence electrons. The molecule has 4 rings (SSSR count). The average molecular weight is 376 g/mol. The topological polar surface area (TPSA) is 74.7 Å². The molecule has 0 saturated heterocycles. The summed E-state index contributed by atoms with van der Waals surface area (Å²) in [6.45, 7) is 0. The van der Waals surface area contributed by atoms with Crippen molar-refractivity contribution >= 4 is 40.2 Å². The fourth-order valence-corrected chi connectivity index (χ4v) is 3.40. The lowest BCUT2D eigenvalue weighted by Gasteiger charge is -2.23. The van der Waals surface area contributed by atoms with E-state index in [1.54, 1.807) is 29.7 Å². The minimum Gasteiger partial charge on any atom is -0.321 e. The number of carbonyl (C=O) groups is 2. The van der Waals surface area contributed by atoms with Crippen LogP contribution in [0.25, 0.3) is 10.6 Å². The number of nitrogens with one attached hydrogen (secondary N) is 1. The Labute approximate surface area is 160 Å². The SMILES string of the molecule is O=C(Nc1ccc(-c2nccs2)cc1)C1=NN(c2ccccc2)C(=O)CC1. The Kier molecular flexibility index (Phi) is 4.76. The monoisotopic (exact) mass is 376 g/mol. The van der Waals surface area contributed by atoms with Gasteiger partial charge in [-0.2, -0.15) is 5.10 Å². The van der Waals surface area contributed by atoms with E-state index in [-0.39, 0.29) is 18.2 Å². The van der Waals surface area contributed by atoms with E-state index in [0.29, 0.717) is 23.5 Å². The van der Waals surface area contributed by atoms with Crippen LogP contribution in [0.5, 0.6) is 0 Å². The number of hydrazone groups is 1. The smallest absolute Gasteiger partial charge is 0.271 e. The lowest BCUT2D eigenvalue weighted by atomic mass is 10.1. The summed E-state index contributed by atoms with van der Waals surface area (Å²) in [5, 5.41) is 11.3. The van der Waals surface area contributed by atoms with Gasteiger partial charge in [-0.05, 0) is 36.4 Å². The van der Waals surface area contributed by atoms with Gasteiger partial charge in [-0.15, -0.1) is 11.3 Å².